The number of thiocarbonyl (C=S) groups is 1. The van der Waals surface area contributed by atoms with E-state index >= 15 is 0 Å². The SMILES string of the molecule is CC(Br)C(=O)O.CC1SC(=NC2CC3C=CC2C3)NC1=O.NC(=S)CC1CC2C=CC1C2.S. The van der Waals surface area contributed by atoms with Gasteiger partial charge in [0.05, 0.1) is 16.3 Å². The number of carbonyl (C=O) groups is 2. The van der Waals surface area contributed by atoms with Gasteiger partial charge in [0.2, 0.25) is 5.91 Å². The number of halogens is 1. The molecule has 2 saturated carbocycles. The van der Waals surface area contributed by atoms with E-state index in [1.165, 1.54) is 19.3 Å². The molecule has 4 N–H and O–H groups in total. The molecule has 4 bridgehead atoms. The van der Waals surface area contributed by atoms with Gasteiger partial charge in [0.1, 0.15) is 4.83 Å². The van der Waals surface area contributed by atoms with Crippen LogP contribution in [0.2, 0.25) is 0 Å². The second-order valence-electron chi connectivity index (χ2n) is 9.20. The summed E-state index contributed by atoms with van der Waals surface area (Å²) in [6.07, 6.45) is 15.3. The molecule has 5 rings (SSSR count). The monoisotopic (exact) mass is 575 g/mol. The normalized spacial score (nSPS) is 36.4. The summed E-state index contributed by atoms with van der Waals surface area (Å²) in [4.78, 5) is 25.9. The number of carboxylic acid groups (broad SMARTS) is 1. The van der Waals surface area contributed by atoms with Crippen LogP contribution in [0.1, 0.15) is 46.0 Å². The minimum Gasteiger partial charge on any atom is -0.480 e. The Morgan fingerprint density at radius 2 is 1.82 bits per heavy atom. The Hall–Kier alpha value is -0.840. The number of hydrogen-bond acceptors (Lipinski definition) is 5. The summed E-state index contributed by atoms with van der Waals surface area (Å²) in [6.45, 7) is 3.48. The van der Waals surface area contributed by atoms with Gasteiger partial charge in [0.15, 0.2) is 5.17 Å². The van der Waals surface area contributed by atoms with E-state index in [4.69, 9.17) is 23.1 Å². The smallest absolute Gasteiger partial charge is 0.316 e. The predicted octanol–water partition coefficient (Wildman–Crippen LogP) is 4.40. The van der Waals surface area contributed by atoms with Crippen LogP contribution in [0.25, 0.3) is 0 Å². The minimum absolute atomic E-state index is 0. The van der Waals surface area contributed by atoms with Gasteiger partial charge in [-0.15, -0.1) is 0 Å². The van der Waals surface area contributed by atoms with Gasteiger partial charge in [-0.25, -0.2) is 0 Å². The number of allylic oxidation sites excluding steroid dienone is 3. The molecule has 184 valence electrons. The number of nitrogens with zero attached hydrogens (tertiary/aromatic N) is 1. The topological polar surface area (TPSA) is 105 Å². The number of nitrogens with one attached hydrogen (secondary N) is 1. The number of rotatable bonds is 4. The van der Waals surface area contributed by atoms with Crippen LogP contribution in [0.3, 0.4) is 0 Å². The Bertz CT molecular complexity index is 833. The van der Waals surface area contributed by atoms with Crippen LogP contribution in [0.15, 0.2) is 29.3 Å². The molecule has 0 radical (unpaired) electrons. The molecule has 1 saturated heterocycles. The van der Waals surface area contributed by atoms with Crippen molar-refractivity contribution in [1.82, 2.24) is 5.32 Å². The van der Waals surface area contributed by atoms with Crippen molar-refractivity contribution in [1.29, 1.82) is 0 Å². The molecule has 4 aliphatic carbocycles. The van der Waals surface area contributed by atoms with Gasteiger partial charge in [-0.05, 0) is 69.1 Å². The molecule has 1 aliphatic heterocycles. The molecule has 3 fully saturated rings. The molecule has 10 heteroatoms. The maximum atomic E-state index is 11.3. The lowest BCUT2D eigenvalue weighted by molar-refractivity contribution is -0.135. The number of aliphatic carboxylic acids is 1. The summed E-state index contributed by atoms with van der Waals surface area (Å²) in [5.74, 6) is 3.04. The van der Waals surface area contributed by atoms with Crippen LogP contribution in [0.5, 0.6) is 0 Å². The molecule has 0 aromatic heterocycles. The van der Waals surface area contributed by atoms with E-state index in [2.05, 4.69) is 50.5 Å². The summed E-state index contributed by atoms with van der Waals surface area (Å²) in [6, 6.07) is 0.410. The first-order valence-corrected chi connectivity index (χ1v) is 13.4. The summed E-state index contributed by atoms with van der Waals surface area (Å²) >= 11 is 9.29. The van der Waals surface area contributed by atoms with Crippen molar-refractivity contribution in [2.24, 2.45) is 40.3 Å². The summed E-state index contributed by atoms with van der Waals surface area (Å²) in [5.41, 5.74) is 5.51. The largest absolute Gasteiger partial charge is 0.480 e. The van der Waals surface area contributed by atoms with Gasteiger partial charge in [0, 0.05) is 6.42 Å². The summed E-state index contributed by atoms with van der Waals surface area (Å²) in [7, 11) is 0. The lowest BCUT2D eigenvalue weighted by Crippen LogP contribution is -2.25. The molecule has 5 aliphatic rings. The third-order valence-corrected chi connectivity index (χ3v) is 8.19. The number of amides is 1. The van der Waals surface area contributed by atoms with Gasteiger partial charge in [-0.3, -0.25) is 14.6 Å². The van der Waals surface area contributed by atoms with Gasteiger partial charge >= 0.3 is 5.97 Å². The first-order valence-electron chi connectivity index (χ1n) is 11.2. The number of carboxylic acids is 1. The molecule has 0 aromatic rings. The third kappa shape index (κ3) is 8.11. The quantitative estimate of drug-likeness (QED) is 0.260. The van der Waals surface area contributed by atoms with Gasteiger partial charge in [-0.2, -0.15) is 13.5 Å². The Balaban J connectivity index is 0.000000190. The number of hydrogen-bond donors (Lipinski definition) is 3. The van der Waals surface area contributed by atoms with Gasteiger partial charge in [0.25, 0.3) is 0 Å². The second-order valence-corrected chi connectivity index (χ2v) is 12.4. The first-order chi connectivity index (χ1) is 15.1. The molecule has 8 atom stereocenters. The van der Waals surface area contributed by atoms with E-state index in [1.54, 1.807) is 18.7 Å². The average Bonchev–Trinajstić information content (AvgIpc) is 3.52. The van der Waals surface area contributed by atoms with Crippen LogP contribution in [0.4, 0.5) is 0 Å². The number of alkyl halides is 1. The lowest BCUT2D eigenvalue weighted by Gasteiger charge is -2.16. The van der Waals surface area contributed by atoms with Gasteiger partial charge < -0.3 is 16.2 Å². The maximum absolute atomic E-state index is 11.3. The molecular formula is C23H34BrN3O3S3. The fraction of sp³-hybridized carbons (Fsp3) is 0.652. The van der Waals surface area contributed by atoms with Crippen LogP contribution < -0.4 is 11.1 Å². The number of carbonyl (C=O) groups excluding carboxylic acids is 1. The van der Waals surface area contributed by atoms with Crippen molar-refractivity contribution in [3.05, 3.63) is 24.3 Å². The number of amidine groups is 1. The standard InChI is InChI=1S/C11H14N2OS.C9H13NS.C3H5BrO2.H2S/c1-6-10(14)13-11(15-6)12-9-5-7-2-3-8(9)4-7;10-9(11)5-8-4-6-1-2-7(8)3-6;1-2(4)3(5)6;/h2-3,6-9H,4-5H2,1H3,(H,12,13,14);1-2,6-8H,3-5H2,(H2,10,11);2H,1H3,(H,5,6);1H2. The van der Waals surface area contributed by atoms with E-state index in [1.807, 2.05) is 6.92 Å². The van der Waals surface area contributed by atoms with Gasteiger partial charge in [-0.1, -0.05) is 64.2 Å². The maximum Gasteiger partial charge on any atom is 0.316 e. The molecule has 6 nitrogen and oxygen atoms in total. The van der Waals surface area contributed by atoms with E-state index in [9.17, 15) is 9.59 Å². The highest BCUT2D eigenvalue weighted by Gasteiger charge is 2.37. The molecule has 8 unspecified atom stereocenters. The number of nitrogens with two attached hydrogens (primary N) is 1. The predicted molar refractivity (Wildman–Crippen MR) is 148 cm³/mol. The molecule has 0 spiro atoms. The minimum atomic E-state index is -0.824. The molecule has 1 heterocycles. The van der Waals surface area contributed by atoms with Crippen LogP contribution >= 0.6 is 53.4 Å². The Kier molecular flexibility index (Phi) is 11.0. The highest BCUT2D eigenvalue weighted by atomic mass is 79.9. The average molecular weight is 577 g/mol. The summed E-state index contributed by atoms with van der Waals surface area (Å²) in [5, 5.41) is 11.6. The Morgan fingerprint density at radius 1 is 1.24 bits per heavy atom. The first kappa shape index (κ1) is 28.4. The van der Waals surface area contributed by atoms with E-state index in [0.29, 0.717) is 16.9 Å². The fourth-order valence-electron chi connectivity index (χ4n) is 4.96. The Labute approximate surface area is 221 Å². The highest BCUT2D eigenvalue weighted by molar-refractivity contribution is 9.10. The number of fused-ring (bicyclic) bond motifs is 4. The summed E-state index contributed by atoms with van der Waals surface area (Å²) < 4.78 is 0. The van der Waals surface area contributed by atoms with E-state index < -0.39 is 10.8 Å². The number of aliphatic imine (C=N–C) groups is 1. The zero-order chi connectivity index (χ0) is 23.4. The molecular weight excluding hydrogens is 542 g/mol. The molecule has 1 amide bonds. The van der Waals surface area contributed by atoms with Crippen molar-refractivity contribution in [3.8, 4) is 0 Å². The van der Waals surface area contributed by atoms with Crippen molar-refractivity contribution in [2.45, 2.75) is 62.1 Å². The highest BCUT2D eigenvalue weighted by Crippen LogP contribution is 2.44. The van der Waals surface area contributed by atoms with Crippen LogP contribution in [-0.4, -0.2) is 43.3 Å². The Morgan fingerprint density at radius 3 is 2.18 bits per heavy atom. The van der Waals surface area contributed by atoms with E-state index in [0.717, 1.165) is 41.7 Å². The van der Waals surface area contributed by atoms with Crippen LogP contribution in [-0.2, 0) is 9.59 Å². The van der Waals surface area contributed by atoms with Crippen LogP contribution in [0, 0.1) is 29.6 Å². The molecule has 0 aromatic carbocycles. The zero-order valence-electron chi connectivity index (χ0n) is 18.9. The number of thioether (sulfide) groups is 1. The fourth-order valence-corrected chi connectivity index (χ4v) is 6.03. The molecule has 33 heavy (non-hydrogen) atoms. The van der Waals surface area contributed by atoms with Crippen molar-refractivity contribution in [3.63, 3.8) is 0 Å². The van der Waals surface area contributed by atoms with Crippen molar-refractivity contribution in [2.75, 3.05) is 0 Å². The zero-order valence-corrected chi connectivity index (χ0v) is 23.2. The van der Waals surface area contributed by atoms with E-state index in [-0.39, 0.29) is 24.7 Å². The lowest BCUT2D eigenvalue weighted by atomic mass is 9.91. The second kappa shape index (κ2) is 12.7. The third-order valence-electron chi connectivity index (χ3n) is 6.63. The van der Waals surface area contributed by atoms with Crippen molar-refractivity contribution >= 4 is 75.4 Å². The van der Waals surface area contributed by atoms with Crippen molar-refractivity contribution < 1.29 is 14.7 Å².